The van der Waals surface area contributed by atoms with Crippen molar-refractivity contribution in [2.75, 3.05) is 0 Å². The monoisotopic (exact) mass is 531 g/mol. The summed E-state index contributed by atoms with van der Waals surface area (Å²) in [4.78, 5) is 19.2. The number of hydrogen-bond donors (Lipinski definition) is 0. The van der Waals surface area contributed by atoms with Crippen LogP contribution < -0.4 is 0 Å². The molecule has 0 N–H and O–H groups in total. The summed E-state index contributed by atoms with van der Waals surface area (Å²) in [6.07, 6.45) is 0. The van der Waals surface area contributed by atoms with Crippen molar-refractivity contribution in [1.29, 1.82) is 0 Å². The van der Waals surface area contributed by atoms with Crippen molar-refractivity contribution in [3.05, 3.63) is 150 Å². The van der Waals surface area contributed by atoms with Gasteiger partial charge in [-0.1, -0.05) is 93.2 Å². The van der Waals surface area contributed by atoms with Crippen LogP contribution in [0.4, 0.5) is 0 Å². The SMILES string of the molecule is CC(C)(C)c1ccc(C(=O)c2ccc(Sc3ccc([S+](c4ccccc4)c4ccccc4)cc3)cc2)cc1. The molecule has 0 aliphatic carbocycles. The van der Waals surface area contributed by atoms with Crippen molar-refractivity contribution in [1.82, 2.24) is 0 Å². The van der Waals surface area contributed by atoms with E-state index in [2.05, 4.69) is 118 Å². The molecule has 0 unspecified atom stereocenters. The summed E-state index contributed by atoms with van der Waals surface area (Å²) in [5, 5.41) is 0. The van der Waals surface area contributed by atoms with Crippen LogP contribution in [-0.4, -0.2) is 5.78 Å². The number of rotatable bonds is 7. The van der Waals surface area contributed by atoms with E-state index in [0.29, 0.717) is 5.56 Å². The first-order chi connectivity index (χ1) is 18.4. The summed E-state index contributed by atoms with van der Waals surface area (Å²) in [5.74, 6) is 0.0558. The molecule has 188 valence electrons. The van der Waals surface area contributed by atoms with E-state index in [-0.39, 0.29) is 22.1 Å². The second kappa shape index (κ2) is 11.5. The van der Waals surface area contributed by atoms with E-state index in [1.807, 2.05) is 36.4 Å². The Labute approximate surface area is 233 Å². The molecule has 0 amide bonds. The molecule has 1 nitrogen and oxygen atoms in total. The summed E-state index contributed by atoms with van der Waals surface area (Å²) in [6.45, 7) is 6.54. The van der Waals surface area contributed by atoms with E-state index in [1.165, 1.54) is 25.1 Å². The number of hydrogen-bond acceptors (Lipinski definition) is 2. The fourth-order valence-corrected chi connectivity index (χ4v) is 7.16. The molecule has 0 aliphatic rings. The second-order valence-corrected chi connectivity index (χ2v) is 13.4. The zero-order valence-corrected chi connectivity index (χ0v) is 23.6. The molecule has 38 heavy (non-hydrogen) atoms. The van der Waals surface area contributed by atoms with Gasteiger partial charge in [-0.25, -0.2) is 0 Å². The van der Waals surface area contributed by atoms with Crippen molar-refractivity contribution >= 4 is 28.4 Å². The van der Waals surface area contributed by atoms with Gasteiger partial charge in [0.1, 0.15) is 0 Å². The van der Waals surface area contributed by atoms with Crippen LogP contribution in [0.5, 0.6) is 0 Å². The van der Waals surface area contributed by atoms with E-state index >= 15 is 0 Å². The first-order valence-corrected chi connectivity index (χ1v) is 14.8. The largest absolute Gasteiger partial charge is 0.289 e. The zero-order valence-electron chi connectivity index (χ0n) is 21.9. The summed E-state index contributed by atoms with van der Waals surface area (Å²) >= 11 is 1.71. The Kier molecular flexibility index (Phi) is 7.87. The molecule has 3 heteroatoms. The first kappa shape index (κ1) is 26.1. The van der Waals surface area contributed by atoms with E-state index in [1.54, 1.807) is 11.8 Å². The first-order valence-electron chi connectivity index (χ1n) is 12.8. The van der Waals surface area contributed by atoms with Gasteiger partial charge in [0, 0.05) is 20.9 Å². The van der Waals surface area contributed by atoms with E-state index in [0.717, 1.165) is 10.5 Å². The maximum atomic E-state index is 13.0. The van der Waals surface area contributed by atoms with E-state index in [4.69, 9.17) is 0 Å². The van der Waals surface area contributed by atoms with Crippen LogP contribution >= 0.6 is 11.8 Å². The van der Waals surface area contributed by atoms with Crippen molar-refractivity contribution in [2.24, 2.45) is 0 Å². The summed E-state index contributed by atoms with van der Waals surface area (Å²) < 4.78 is 0. The van der Waals surface area contributed by atoms with Crippen LogP contribution in [0, 0.1) is 0 Å². The lowest BCUT2D eigenvalue weighted by Gasteiger charge is -2.19. The average molecular weight is 532 g/mol. The molecule has 0 bridgehead atoms. The minimum absolute atomic E-state index is 0.0558. The van der Waals surface area contributed by atoms with E-state index < -0.39 is 0 Å². The molecule has 0 fully saturated rings. The number of carbonyl (C=O) groups is 1. The predicted octanol–water partition coefficient (Wildman–Crippen LogP) is 9.46. The molecule has 0 atom stereocenters. The Bertz CT molecular complexity index is 1440. The summed E-state index contributed by atoms with van der Waals surface area (Å²) in [7, 11) is -0.149. The zero-order chi connectivity index (χ0) is 26.5. The predicted molar refractivity (Wildman–Crippen MR) is 161 cm³/mol. The average Bonchev–Trinajstić information content (AvgIpc) is 2.95. The molecule has 0 radical (unpaired) electrons. The third-order valence-electron chi connectivity index (χ3n) is 6.38. The molecule has 0 aromatic heterocycles. The van der Waals surface area contributed by atoms with Gasteiger partial charge in [0.2, 0.25) is 0 Å². The van der Waals surface area contributed by atoms with Gasteiger partial charge in [-0.3, -0.25) is 4.79 Å². The van der Waals surface area contributed by atoms with E-state index in [9.17, 15) is 4.79 Å². The highest BCUT2D eigenvalue weighted by Gasteiger charge is 2.28. The standard InChI is InChI=1S/C35H31OS2/c1-35(2,3)28-18-14-26(15-19-28)34(36)27-16-20-29(21-17-27)37-30-22-24-33(25-23-30)38(31-10-6-4-7-11-31)32-12-8-5-9-13-32/h4-25H,1-3H3/q+1. The van der Waals surface area contributed by atoms with Crippen LogP contribution in [0.15, 0.2) is 158 Å². The molecule has 5 aromatic rings. The molecule has 0 aliphatic heterocycles. The molecular weight excluding hydrogens is 501 g/mol. The van der Waals surface area contributed by atoms with Crippen LogP contribution in [0.2, 0.25) is 0 Å². The van der Waals surface area contributed by atoms with Crippen LogP contribution in [0.25, 0.3) is 0 Å². The van der Waals surface area contributed by atoms with Crippen molar-refractivity contribution < 1.29 is 4.79 Å². The molecule has 0 saturated heterocycles. The van der Waals surface area contributed by atoms with Gasteiger partial charge < -0.3 is 0 Å². The maximum Gasteiger partial charge on any atom is 0.193 e. The normalized spacial score (nSPS) is 11.5. The highest BCUT2D eigenvalue weighted by atomic mass is 32.2. The number of ketones is 1. The minimum Gasteiger partial charge on any atom is -0.289 e. The quantitative estimate of drug-likeness (QED) is 0.154. The van der Waals surface area contributed by atoms with Crippen LogP contribution in [-0.2, 0) is 16.3 Å². The Morgan fingerprint density at radius 3 is 1.37 bits per heavy atom. The minimum atomic E-state index is -0.149. The lowest BCUT2D eigenvalue weighted by Crippen LogP contribution is -2.11. The topological polar surface area (TPSA) is 17.1 Å². The lowest BCUT2D eigenvalue weighted by molar-refractivity contribution is 0.103. The summed E-state index contributed by atoms with van der Waals surface area (Å²) in [5.41, 5.74) is 2.73. The summed E-state index contributed by atoms with van der Waals surface area (Å²) in [6, 6.07) is 46.2. The van der Waals surface area contributed by atoms with Gasteiger partial charge in [-0.2, -0.15) is 0 Å². The van der Waals surface area contributed by atoms with Crippen molar-refractivity contribution in [3.8, 4) is 0 Å². The molecule has 0 spiro atoms. The Morgan fingerprint density at radius 1 is 0.526 bits per heavy atom. The van der Waals surface area contributed by atoms with Gasteiger partial charge in [0.05, 0.1) is 10.9 Å². The van der Waals surface area contributed by atoms with Gasteiger partial charge in [-0.05, 0) is 83.8 Å². The highest BCUT2D eigenvalue weighted by Crippen LogP contribution is 2.34. The Balaban J connectivity index is 1.30. The number of benzene rings is 5. The fraction of sp³-hybridized carbons (Fsp3) is 0.114. The van der Waals surface area contributed by atoms with Crippen LogP contribution in [0.3, 0.4) is 0 Å². The smallest absolute Gasteiger partial charge is 0.193 e. The van der Waals surface area contributed by atoms with Crippen molar-refractivity contribution in [2.45, 2.75) is 50.7 Å². The Hall–Kier alpha value is -3.53. The number of carbonyl (C=O) groups excluding carboxylic acids is 1. The van der Waals surface area contributed by atoms with Gasteiger partial charge in [-0.15, -0.1) is 0 Å². The molecule has 0 saturated carbocycles. The molecule has 0 heterocycles. The van der Waals surface area contributed by atoms with Gasteiger partial charge >= 0.3 is 0 Å². The fourth-order valence-electron chi connectivity index (χ4n) is 4.26. The maximum absolute atomic E-state index is 13.0. The lowest BCUT2D eigenvalue weighted by atomic mass is 9.86. The highest BCUT2D eigenvalue weighted by molar-refractivity contribution is 7.99. The third kappa shape index (κ3) is 6.12. The third-order valence-corrected chi connectivity index (χ3v) is 9.63. The van der Waals surface area contributed by atoms with Gasteiger partial charge in [0.25, 0.3) is 0 Å². The second-order valence-electron chi connectivity index (χ2n) is 10.2. The van der Waals surface area contributed by atoms with Crippen LogP contribution in [0.1, 0.15) is 42.3 Å². The van der Waals surface area contributed by atoms with Gasteiger partial charge in [0.15, 0.2) is 20.5 Å². The molecule has 5 aromatic carbocycles. The van der Waals surface area contributed by atoms with Crippen molar-refractivity contribution in [3.63, 3.8) is 0 Å². The molecular formula is C35H31OS2+. The Morgan fingerprint density at radius 2 is 0.921 bits per heavy atom. The molecule has 5 rings (SSSR count).